The first-order valence-electron chi connectivity index (χ1n) is 10.7. The van der Waals surface area contributed by atoms with Gasteiger partial charge in [-0.05, 0) is 53.0 Å². The summed E-state index contributed by atoms with van der Waals surface area (Å²) < 4.78 is 15.5. The second kappa shape index (κ2) is 10.2. The molecule has 2 aromatic rings. The monoisotopic (exact) mass is 490 g/mol. The maximum absolute atomic E-state index is 12.7. The van der Waals surface area contributed by atoms with E-state index in [1.54, 1.807) is 13.8 Å². The zero-order valence-corrected chi connectivity index (χ0v) is 20.4. The standard InChI is InChI=1S/C23H26N2O8S/c1-6-31-23(30)18-17(11(3)26)12(4)33-20(18)24-15(27)9-32-22(29)16-10(2)13(5)34-21(16)25-19(28)14-7-8-14/h14H,6-9H2,1-5H3,(H,24,27)(H,25,28). The number of hydrogen-bond donors (Lipinski definition) is 2. The molecule has 0 aliphatic heterocycles. The Balaban J connectivity index is 1.72. The van der Waals surface area contributed by atoms with Crippen molar-refractivity contribution in [2.75, 3.05) is 23.8 Å². The van der Waals surface area contributed by atoms with Crippen LogP contribution in [0.2, 0.25) is 0 Å². The second-order valence-electron chi connectivity index (χ2n) is 7.89. The molecule has 2 heterocycles. The van der Waals surface area contributed by atoms with Gasteiger partial charge in [-0.3, -0.25) is 19.7 Å². The quantitative estimate of drug-likeness (QED) is 0.399. The number of anilines is 2. The Morgan fingerprint density at radius 2 is 1.62 bits per heavy atom. The molecule has 1 aliphatic carbocycles. The van der Waals surface area contributed by atoms with Crippen molar-refractivity contribution in [1.82, 2.24) is 0 Å². The summed E-state index contributed by atoms with van der Waals surface area (Å²) in [6.45, 7) is 7.28. The van der Waals surface area contributed by atoms with Crippen molar-refractivity contribution in [2.24, 2.45) is 5.92 Å². The molecule has 0 radical (unpaired) electrons. The molecule has 1 aliphatic rings. The Hall–Kier alpha value is -3.47. The number of carbonyl (C=O) groups excluding carboxylic acids is 5. The predicted octanol–water partition coefficient (Wildman–Crippen LogP) is 3.79. The van der Waals surface area contributed by atoms with Gasteiger partial charge in [0.2, 0.25) is 11.8 Å². The Morgan fingerprint density at radius 3 is 2.21 bits per heavy atom. The van der Waals surface area contributed by atoms with Crippen LogP contribution in [0.1, 0.15) is 74.0 Å². The van der Waals surface area contributed by atoms with E-state index in [4.69, 9.17) is 13.9 Å². The number of carbonyl (C=O) groups is 5. The number of thiophene rings is 1. The summed E-state index contributed by atoms with van der Waals surface area (Å²) in [6, 6.07) is 0. The highest BCUT2D eigenvalue weighted by molar-refractivity contribution is 7.16. The zero-order chi connectivity index (χ0) is 25.2. The van der Waals surface area contributed by atoms with Crippen LogP contribution in [-0.2, 0) is 19.1 Å². The van der Waals surface area contributed by atoms with Gasteiger partial charge in [0.05, 0.1) is 17.7 Å². The highest BCUT2D eigenvalue weighted by Gasteiger charge is 2.32. The first kappa shape index (κ1) is 25.2. The fourth-order valence-electron chi connectivity index (χ4n) is 3.34. The van der Waals surface area contributed by atoms with Gasteiger partial charge in [0.1, 0.15) is 16.3 Å². The maximum Gasteiger partial charge on any atom is 0.344 e. The van der Waals surface area contributed by atoms with Crippen molar-refractivity contribution in [3.63, 3.8) is 0 Å². The van der Waals surface area contributed by atoms with Crippen molar-refractivity contribution in [3.8, 4) is 0 Å². The van der Waals surface area contributed by atoms with Crippen molar-refractivity contribution in [1.29, 1.82) is 0 Å². The third-order valence-electron chi connectivity index (χ3n) is 5.28. The zero-order valence-electron chi connectivity index (χ0n) is 19.6. The molecule has 10 nitrogen and oxygen atoms in total. The molecule has 11 heteroatoms. The minimum absolute atomic E-state index is 0.00571. The highest BCUT2D eigenvalue weighted by Crippen LogP contribution is 2.36. The fraction of sp³-hybridized carbons (Fsp3) is 0.435. The molecule has 0 atom stereocenters. The van der Waals surface area contributed by atoms with Crippen LogP contribution in [0.25, 0.3) is 0 Å². The summed E-state index contributed by atoms with van der Waals surface area (Å²) in [7, 11) is 0. The average molecular weight is 491 g/mol. The molecule has 182 valence electrons. The molecule has 0 aromatic carbocycles. The van der Waals surface area contributed by atoms with E-state index in [1.165, 1.54) is 25.2 Å². The van der Waals surface area contributed by atoms with Gasteiger partial charge in [0.25, 0.3) is 5.91 Å². The third-order valence-corrected chi connectivity index (χ3v) is 6.40. The number of aryl methyl sites for hydroxylation is 2. The average Bonchev–Trinajstić information content (AvgIpc) is 3.50. The van der Waals surface area contributed by atoms with E-state index >= 15 is 0 Å². The Morgan fingerprint density at radius 1 is 0.971 bits per heavy atom. The molecular formula is C23H26N2O8S. The second-order valence-corrected chi connectivity index (χ2v) is 9.11. The van der Waals surface area contributed by atoms with Crippen LogP contribution in [0.4, 0.5) is 10.9 Å². The van der Waals surface area contributed by atoms with Gasteiger partial charge in [-0.2, -0.15) is 0 Å². The van der Waals surface area contributed by atoms with Crippen molar-refractivity contribution in [3.05, 3.63) is 32.9 Å². The number of esters is 2. The molecule has 0 unspecified atom stereocenters. The van der Waals surface area contributed by atoms with Crippen LogP contribution in [0, 0.1) is 26.7 Å². The summed E-state index contributed by atoms with van der Waals surface area (Å²) in [5.41, 5.74) is 0.662. The lowest BCUT2D eigenvalue weighted by Gasteiger charge is -2.09. The van der Waals surface area contributed by atoms with E-state index in [2.05, 4.69) is 10.6 Å². The van der Waals surface area contributed by atoms with Gasteiger partial charge >= 0.3 is 11.9 Å². The molecule has 0 spiro atoms. The number of Topliss-reactive ketones (excluding diaryl/α,β-unsaturated/α-hetero) is 1. The van der Waals surface area contributed by atoms with Crippen LogP contribution in [-0.4, -0.2) is 42.7 Å². The van der Waals surface area contributed by atoms with E-state index in [0.29, 0.717) is 10.6 Å². The van der Waals surface area contributed by atoms with Crippen LogP contribution in [0.3, 0.4) is 0 Å². The number of furan rings is 1. The largest absolute Gasteiger partial charge is 0.462 e. The van der Waals surface area contributed by atoms with E-state index in [-0.39, 0.29) is 46.8 Å². The molecule has 0 saturated heterocycles. The van der Waals surface area contributed by atoms with Gasteiger partial charge in [-0.15, -0.1) is 11.3 Å². The van der Waals surface area contributed by atoms with Crippen molar-refractivity contribution in [2.45, 2.75) is 47.5 Å². The fourth-order valence-corrected chi connectivity index (χ4v) is 4.39. The minimum atomic E-state index is -0.822. The SMILES string of the molecule is CCOC(=O)c1c(NC(=O)COC(=O)c2c(NC(=O)C3CC3)sc(C)c2C)oc(C)c1C(C)=O. The highest BCUT2D eigenvalue weighted by atomic mass is 32.1. The lowest BCUT2D eigenvalue weighted by atomic mass is 10.1. The van der Waals surface area contributed by atoms with Crippen LogP contribution < -0.4 is 10.6 Å². The maximum atomic E-state index is 12.7. The Labute approximate surface area is 200 Å². The Bertz CT molecular complexity index is 1170. The van der Waals surface area contributed by atoms with Gasteiger partial charge in [0.15, 0.2) is 12.4 Å². The first-order valence-corrected chi connectivity index (χ1v) is 11.6. The molecule has 34 heavy (non-hydrogen) atoms. The predicted molar refractivity (Wildman–Crippen MR) is 123 cm³/mol. The van der Waals surface area contributed by atoms with Crippen molar-refractivity contribution < 1.29 is 37.9 Å². The minimum Gasteiger partial charge on any atom is -0.462 e. The van der Waals surface area contributed by atoms with Crippen molar-refractivity contribution >= 4 is 51.8 Å². The molecule has 2 aromatic heterocycles. The van der Waals surface area contributed by atoms with E-state index in [1.807, 2.05) is 6.92 Å². The number of ketones is 1. The van der Waals surface area contributed by atoms with Crippen LogP contribution in [0.5, 0.6) is 0 Å². The van der Waals surface area contributed by atoms with Gasteiger partial charge < -0.3 is 19.2 Å². The number of ether oxygens (including phenoxy) is 2. The lowest BCUT2D eigenvalue weighted by Crippen LogP contribution is -2.23. The number of hydrogen-bond acceptors (Lipinski definition) is 9. The number of nitrogens with one attached hydrogen (secondary N) is 2. The van der Waals surface area contributed by atoms with E-state index in [0.717, 1.165) is 17.7 Å². The summed E-state index contributed by atoms with van der Waals surface area (Å²) in [5.74, 6) is -3.11. The normalized spacial score (nSPS) is 12.7. The molecule has 1 fully saturated rings. The van der Waals surface area contributed by atoms with Crippen LogP contribution in [0.15, 0.2) is 4.42 Å². The molecule has 3 rings (SSSR count). The molecule has 2 amide bonds. The molecule has 0 bridgehead atoms. The summed E-state index contributed by atoms with van der Waals surface area (Å²) >= 11 is 1.26. The molecule has 2 N–H and O–H groups in total. The summed E-state index contributed by atoms with van der Waals surface area (Å²) in [6.07, 6.45) is 1.64. The van der Waals surface area contributed by atoms with Gasteiger partial charge in [-0.1, -0.05) is 0 Å². The summed E-state index contributed by atoms with van der Waals surface area (Å²) in [5, 5.41) is 5.52. The van der Waals surface area contributed by atoms with Gasteiger partial charge in [0, 0.05) is 10.8 Å². The topological polar surface area (TPSA) is 141 Å². The van der Waals surface area contributed by atoms with Crippen LogP contribution >= 0.6 is 11.3 Å². The lowest BCUT2D eigenvalue weighted by molar-refractivity contribution is -0.119. The smallest absolute Gasteiger partial charge is 0.344 e. The summed E-state index contributed by atoms with van der Waals surface area (Å²) in [4.78, 5) is 62.5. The number of amides is 2. The Kier molecular flexibility index (Phi) is 7.55. The molecular weight excluding hydrogens is 464 g/mol. The van der Waals surface area contributed by atoms with E-state index < -0.39 is 30.2 Å². The van der Waals surface area contributed by atoms with Gasteiger partial charge in [-0.25, -0.2) is 9.59 Å². The molecule has 1 saturated carbocycles. The third kappa shape index (κ3) is 5.36. The van der Waals surface area contributed by atoms with E-state index in [9.17, 15) is 24.0 Å². The first-order chi connectivity index (χ1) is 16.0. The number of rotatable bonds is 9.